The van der Waals surface area contributed by atoms with Crippen molar-refractivity contribution in [3.63, 3.8) is 0 Å². The van der Waals surface area contributed by atoms with Gasteiger partial charge in [0, 0.05) is 6.42 Å². The molecule has 1 saturated heterocycles. The molecule has 1 aliphatic rings. The molecule has 0 amide bonds. The molecule has 0 aromatic heterocycles. The maximum Gasteiger partial charge on any atom is 0.509 e. The quantitative estimate of drug-likeness (QED) is 0.560. The summed E-state index contributed by atoms with van der Waals surface area (Å²) in [6.07, 6.45) is -0.401. The number of cyclic esters (lactones) is 2. The zero-order valence-electron chi connectivity index (χ0n) is 6.55. The van der Waals surface area contributed by atoms with E-state index in [0.717, 1.165) is 0 Å². The third-order valence-corrected chi connectivity index (χ3v) is 1.69. The Morgan fingerprint density at radius 1 is 1.73 bits per heavy atom. The van der Waals surface area contributed by atoms with Crippen LogP contribution in [-0.4, -0.2) is 24.1 Å². The van der Waals surface area contributed by atoms with E-state index in [9.17, 15) is 9.59 Å². The predicted molar refractivity (Wildman–Crippen MR) is 36.1 cm³/mol. The number of ether oxygens (including phenoxy) is 2. The predicted octanol–water partition coefficient (Wildman–Crippen LogP) is 0.891. The second-order valence-corrected chi connectivity index (χ2v) is 2.65. The Labute approximate surface area is 64.5 Å². The molecule has 1 fully saturated rings. The summed E-state index contributed by atoms with van der Waals surface area (Å²) in [6.45, 7) is 3.32. The van der Waals surface area contributed by atoms with E-state index in [1.165, 1.54) is 0 Å². The Morgan fingerprint density at radius 2 is 2.36 bits per heavy atom. The number of hydrogen-bond donors (Lipinski definition) is 0. The zero-order chi connectivity index (χ0) is 8.48. The minimum absolute atomic E-state index is 0.0402. The molecular weight excluding hydrogens is 148 g/mol. The van der Waals surface area contributed by atoms with Gasteiger partial charge in [0.2, 0.25) is 5.60 Å². The number of carbonyl (C=O) groups excluding carboxylic acids is 2. The molecule has 0 bridgehead atoms. The van der Waals surface area contributed by atoms with Crippen LogP contribution in [0.3, 0.4) is 0 Å². The summed E-state index contributed by atoms with van der Waals surface area (Å²) in [4.78, 5) is 21.6. The fourth-order valence-electron chi connectivity index (χ4n) is 0.951. The SMILES string of the molecule is CCC(=O)C1(C)COC(=O)O1. The van der Waals surface area contributed by atoms with Crippen LogP contribution in [0.5, 0.6) is 0 Å². The Kier molecular flexibility index (Phi) is 1.85. The van der Waals surface area contributed by atoms with Crippen LogP contribution in [0, 0.1) is 0 Å². The fourth-order valence-corrected chi connectivity index (χ4v) is 0.951. The summed E-state index contributed by atoms with van der Waals surface area (Å²) in [5.41, 5.74) is -1.04. The van der Waals surface area contributed by atoms with Gasteiger partial charge >= 0.3 is 6.16 Å². The Balaban J connectivity index is 2.69. The van der Waals surface area contributed by atoms with Gasteiger partial charge in [0.25, 0.3) is 0 Å². The first kappa shape index (κ1) is 8.04. The third kappa shape index (κ3) is 1.34. The molecule has 1 atom stereocenters. The van der Waals surface area contributed by atoms with Crippen LogP contribution in [-0.2, 0) is 14.3 Å². The minimum Gasteiger partial charge on any atom is -0.429 e. The van der Waals surface area contributed by atoms with E-state index in [1.807, 2.05) is 0 Å². The van der Waals surface area contributed by atoms with Crippen LogP contribution in [0.2, 0.25) is 0 Å². The van der Waals surface area contributed by atoms with Gasteiger partial charge < -0.3 is 9.47 Å². The molecule has 62 valence electrons. The second kappa shape index (κ2) is 2.53. The van der Waals surface area contributed by atoms with Crippen molar-refractivity contribution in [1.82, 2.24) is 0 Å². The lowest BCUT2D eigenvalue weighted by molar-refractivity contribution is -0.132. The number of carbonyl (C=O) groups is 2. The van der Waals surface area contributed by atoms with Crippen molar-refractivity contribution in [3.8, 4) is 0 Å². The minimum atomic E-state index is -1.04. The largest absolute Gasteiger partial charge is 0.509 e. The summed E-state index contributed by atoms with van der Waals surface area (Å²) in [5, 5.41) is 0. The van der Waals surface area contributed by atoms with E-state index in [2.05, 4.69) is 4.74 Å². The van der Waals surface area contributed by atoms with Gasteiger partial charge in [-0.25, -0.2) is 4.79 Å². The fraction of sp³-hybridized carbons (Fsp3) is 0.714. The van der Waals surface area contributed by atoms with Gasteiger partial charge in [-0.2, -0.15) is 0 Å². The van der Waals surface area contributed by atoms with Gasteiger partial charge in [-0.1, -0.05) is 6.92 Å². The lowest BCUT2D eigenvalue weighted by Crippen LogP contribution is -2.37. The molecular formula is C7H10O4. The van der Waals surface area contributed by atoms with E-state index in [-0.39, 0.29) is 12.4 Å². The van der Waals surface area contributed by atoms with Gasteiger partial charge in [0.1, 0.15) is 6.61 Å². The summed E-state index contributed by atoms with van der Waals surface area (Å²) in [7, 11) is 0. The first-order valence-corrected chi connectivity index (χ1v) is 3.47. The maximum absolute atomic E-state index is 11.1. The molecule has 1 unspecified atom stereocenters. The molecule has 11 heavy (non-hydrogen) atoms. The van der Waals surface area contributed by atoms with Crippen LogP contribution in [0.4, 0.5) is 4.79 Å². The number of ketones is 1. The molecule has 1 heterocycles. The van der Waals surface area contributed by atoms with Crippen molar-refractivity contribution in [2.75, 3.05) is 6.61 Å². The highest BCUT2D eigenvalue weighted by Crippen LogP contribution is 2.21. The average molecular weight is 158 g/mol. The van der Waals surface area contributed by atoms with Gasteiger partial charge in [0.05, 0.1) is 0 Å². The van der Waals surface area contributed by atoms with E-state index in [0.29, 0.717) is 6.42 Å². The molecule has 0 aliphatic carbocycles. The molecule has 1 aliphatic heterocycles. The van der Waals surface area contributed by atoms with Crippen LogP contribution >= 0.6 is 0 Å². The van der Waals surface area contributed by atoms with Crippen LogP contribution in [0.15, 0.2) is 0 Å². The smallest absolute Gasteiger partial charge is 0.429 e. The summed E-state index contributed by atoms with van der Waals surface area (Å²) in [6, 6.07) is 0. The first-order chi connectivity index (χ1) is 5.08. The third-order valence-electron chi connectivity index (χ3n) is 1.69. The molecule has 0 spiro atoms. The highest BCUT2D eigenvalue weighted by Gasteiger charge is 2.43. The molecule has 1 rings (SSSR count). The number of hydrogen-bond acceptors (Lipinski definition) is 4. The highest BCUT2D eigenvalue weighted by molar-refractivity contribution is 5.89. The molecule has 0 N–H and O–H groups in total. The zero-order valence-corrected chi connectivity index (χ0v) is 6.55. The highest BCUT2D eigenvalue weighted by atomic mass is 16.8. The van der Waals surface area contributed by atoms with E-state index in [1.54, 1.807) is 13.8 Å². The normalized spacial score (nSPS) is 29.5. The van der Waals surface area contributed by atoms with Crippen LogP contribution in [0.25, 0.3) is 0 Å². The van der Waals surface area contributed by atoms with E-state index in [4.69, 9.17) is 4.74 Å². The second-order valence-electron chi connectivity index (χ2n) is 2.65. The first-order valence-electron chi connectivity index (χ1n) is 3.47. The topological polar surface area (TPSA) is 52.6 Å². The standard InChI is InChI=1S/C7H10O4/c1-3-5(8)7(2)4-10-6(9)11-7/h3-4H2,1-2H3. The average Bonchev–Trinajstić information content (AvgIpc) is 2.31. The van der Waals surface area contributed by atoms with Crippen molar-refractivity contribution in [3.05, 3.63) is 0 Å². The molecule has 4 heteroatoms. The molecule has 0 saturated carbocycles. The Morgan fingerprint density at radius 3 is 2.73 bits per heavy atom. The van der Waals surface area contributed by atoms with Crippen LogP contribution < -0.4 is 0 Å². The Hall–Kier alpha value is -1.06. The summed E-state index contributed by atoms with van der Waals surface area (Å²) >= 11 is 0. The summed E-state index contributed by atoms with van der Waals surface area (Å²) in [5.74, 6) is -0.108. The van der Waals surface area contributed by atoms with Crippen molar-refractivity contribution in [1.29, 1.82) is 0 Å². The van der Waals surface area contributed by atoms with Crippen LogP contribution in [0.1, 0.15) is 20.3 Å². The van der Waals surface area contributed by atoms with Gasteiger partial charge in [-0.05, 0) is 6.92 Å². The van der Waals surface area contributed by atoms with Crippen molar-refractivity contribution >= 4 is 11.9 Å². The van der Waals surface area contributed by atoms with Gasteiger partial charge in [0.15, 0.2) is 5.78 Å². The summed E-state index contributed by atoms with van der Waals surface area (Å²) < 4.78 is 9.20. The number of Topliss-reactive ketones (excluding diaryl/α,β-unsaturated/α-hetero) is 1. The lowest BCUT2D eigenvalue weighted by atomic mass is 10.0. The van der Waals surface area contributed by atoms with E-state index < -0.39 is 11.8 Å². The van der Waals surface area contributed by atoms with Gasteiger partial charge in [-0.3, -0.25) is 4.79 Å². The Bertz CT molecular complexity index is 199. The lowest BCUT2D eigenvalue weighted by Gasteiger charge is -2.15. The van der Waals surface area contributed by atoms with Crippen molar-refractivity contribution in [2.24, 2.45) is 0 Å². The molecule has 0 aromatic carbocycles. The maximum atomic E-state index is 11.1. The number of rotatable bonds is 2. The molecule has 0 radical (unpaired) electrons. The van der Waals surface area contributed by atoms with Gasteiger partial charge in [-0.15, -0.1) is 0 Å². The molecule has 4 nitrogen and oxygen atoms in total. The van der Waals surface area contributed by atoms with Crippen molar-refractivity contribution in [2.45, 2.75) is 25.9 Å². The monoisotopic (exact) mass is 158 g/mol. The van der Waals surface area contributed by atoms with Crippen molar-refractivity contribution < 1.29 is 19.1 Å². The molecule has 0 aromatic rings. The van der Waals surface area contributed by atoms with E-state index >= 15 is 0 Å².